The molecule has 3 nitrogen and oxygen atoms in total. The summed E-state index contributed by atoms with van der Waals surface area (Å²) in [6.07, 6.45) is -1.03. The molecule has 5 heteroatoms. The SMILES string of the molecule is O=C(O)[C@@H](Oc1ccc(Br)cc1Br)c1ccccc1. The van der Waals surface area contributed by atoms with Crippen LogP contribution in [0.5, 0.6) is 5.75 Å². The molecule has 19 heavy (non-hydrogen) atoms. The Balaban J connectivity index is 2.29. The fourth-order valence-electron chi connectivity index (χ4n) is 1.59. The lowest BCUT2D eigenvalue weighted by molar-refractivity contribution is -0.145. The van der Waals surface area contributed by atoms with Gasteiger partial charge in [-0.25, -0.2) is 4.79 Å². The smallest absolute Gasteiger partial charge is 0.349 e. The molecule has 0 unspecified atom stereocenters. The Hall–Kier alpha value is -1.33. The van der Waals surface area contributed by atoms with Crippen LogP contribution in [0.25, 0.3) is 0 Å². The molecule has 0 heterocycles. The largest absolute Gasteiger partial charge is 0.478 e. The first kappa shape index (κ1) is 14.1. The zero-order valence-electron chi connectivity index (χ0n) is 9.72. The van der Waals surface area contributed by atoms with Gasteiger partial charge in [0, 0.05) is 10.0 Å². The van der Waals surface area contributed by atoms with E-state index in [1.54, 1.807) is 42.5 Å². The number of aliphatic carboxylic acids is 1. The molecule has 0 saturated heterocycles. The summed E-state index contributed by atoms with van der Waals surface area (Å²) in [5, 5.41) is 9.28. The summed E-state index contributed by atoms with van der Waals surface area (Å²) in [5.41, 5.74) is 0.602. The Morgan fingerprint density at radius 3 is 2.37 bits per heavy atom. The highest BCUT2D eigenvalue weighted by Gasteiger charge is 2.22. The van der Waals surface area contributed by atoms with Crippen LogP contribution in [0.4, 0.5) is 0 Å². The van der Waals surface area contributed by atoms with E-state index in [9.17, 15) is 9.90 Å². The number of ether oxygens (including phenoxy) is 1. The lowest BCUT2D eigenvalue weighted by Gasteiger charge is -2.16. The number of halogens is 2. The van der Waals surface area contributed by atoms with Crippen LogP contribution in [0.3, 0.4) is 0 Å². The van der Waals surface area contributed by atoms with Crippen LogP contribution in [-0.2, 0) is 4.79 Å². The molecule has 2 rings (SSSR count). The molecule has 0 amide bonds. The lowest BCUT2D eigenvalue weighted by atomic mass is 10.1. The second-order valence-corrected chi connectivity index (χ2v) is 5.59. The first-order valence-corrected chi connectivity index (χ1v) is 7.06. The summed E-state index contributed by atoms with van der Waals surface area (Å²) < 4.78 is 7.17. The highest BCUT2D eigenvalue weighted by atomic mass is 79.9. The first-order valence-electron chi connectivity index (χ1n) is 5.47. The van der Waals surface area contributed by atoms with Crippen molar-refractivity contribution >= 4 is 37.8 Å². The molecule has 0 aliphatic heterocycles. The average molecular weight is 386 g/mol. The quantitative estimate of drug-likeness (QED) is 0.847. The van der Waals surface area contributed by atoms with Gasteiger partial charge in [-0.15, -0.1) is 0 Å². The van der Waals surface area contributed by atoms with E-state index in [2.05, 4.69) is 31.9 Å². The van der Waals surface area contributed by atoms with Gasteiger partial charge in [0.15, 0.2) is 0 Å². The molecule has 0 aliphatic rings. The Bertz CT molecular complexity index is 584. The zero-order valence-corrected chi connectivity index (χ0v) is 12.9. The van der Waals surface area contributed by atoms with Gasteiger partial charge in [-0.05, 0) is 34.1 Å². The minimum absolute atomic E-state index is 0.486. The number of carboxylic acid groups (broad SMARTS) is 1. The van der Waals surface area contributed by atoms with Gasteiger partial charge in [-0.1, -0.05) is 46.3 Å². The molecular weight excluding hydrogens is 376 g/mol. The van der Waals surface area contributed by atoms with Crippen molar-refractivity contribution in [3.05, 3.63) is 63.0 Å². The lowest BCUT2D eigenvalue weighted by Crippen LogP contribution is -2.18. The summed E-state index contributed by atoms with van der Waals surface area (Å²) in [6, 6.07) is 14.2. The molecule has 0 spiro atoms. The minimum atomic E-state index is -1.03. The van der Waals surface area contributed by atoms with E-state index in [1.165, 1.54) is 0 Å². The molecule has 0 radical (unpaired) electrons. The minimum Gasteiger partial charge on any atom is -0.478 e. The summed E-state index contributed by atoms with van der Waals surface area (Å²) in [7, 11) is 0. The number of carbonyl (C=O) groups is 1. The maximum atomic E-state index is 11.3. The van der Waals surface area contributed by atoms with Crippen LogP contribution in [0, 0.1) is 0 Å². The topological polar surface area (TPSA) is 46.5 Å². The second kappa shape index (κ2) is 6.21. The predicted molar refractivity (Wildman–Crippen MR) is 79.3 cm³/mol. The van der Waals surface area contributed by atoms with Crippen molar-refractivity contribution in [2.24, 2.45) is 0 Å². The summed E-state index contributed by atoms with van der Waals surface area (Å²) >= 11 is 6.68. The molecule has 0 saturated carbocycles. The Morgan fingerprint density at radius 2 is 1.79 bits per heavy atom. The summed E-state index contributed by atoms with van der Waals surface area (Å²) in [6.45, 7) is 0. The number of benzene rings is 2. The van der Waals surface area contributed by atoms with Crippen molar-refractivity contribution in [2.45, 2.75) is 6.10 Å². The van der Waals surface area contributed by atoms with Crippen LogP contribution >= 0.6 is 31.9 Å². The van der Waals surface area contributed by atoms with Crippen molar-refractivity contribution in [2.75, 3.05) is 0 Å². The number of rotatable bonds is 4. The highest BCUT2D eigenvalue weighted by Crippen LogP contribution is 2.31. The van der Waals surface area contributed by atoms with Gasteiger partial charge in [0.05, 0.1) is 4.47 Å². The van der Waals surface area contributed by atoms with Gasteiger partial charge in [-0.3, -0.25) is 0 Å². The molecule has 1 N–H and O–H groups in total. The van der Waals surface area contributed by atoms with Crippen molar-refractivity contribution in [3.63, 3.8) is 0 Å². The van der Waals surface area contributed by atoms with E-state index >= 15 is 0 Å². The summed E-state index contributed by atoms with van der Waals surface area (Å²) in [4.78, 5) is 11.3. The second-order valence-electron chi connectivity index (χ2n) is 3.82. The molecule has 2 aromatic carbocycles. The van der Waals surface area contributed by atoms with E-state index in [0.717, 1.165) is 4.47 Å². The van der Waals surface area contributed by atoms with Crippen molar-refractivity contribution in [3.8, 4) is 5.75 Å². The van der Waals surface area contributed by atoms with Gasteiger partial charge >= 0.3 is 5.97 Å². The van der Waals surface area contributed by atoms with Gasteiger partial charge in [-0.2, -0.15) is 0 Å². The fourth-order valence-corrected chi connectivity index (χ4v) is 2.73. The Morgan fingerprint density at radius 1 is 1.11 bits per heavy atom. The van der Waals surface area contributed by atoms with Crippen molar-refractivity contribution < 1.29 is 14.6 Å². The highest BCUT2D eigenvalue weighted by molar-refractivity contribution is 9.11. The van der Waals surface area contributed by atoms with Gasteiger partial charge < -0.3 is 9.84 Å². The Kier molecular flexibility index (Phi) is 4.61. The molecule has 0 aromatic heterocycles. The maximum Gasteiger partial charge on any atom is 0.349 e. The number of hydrogen-bond donors (Lipinski definition) is 1. The zero-order chi connectivity index (χ0) is 13.8. The number of hydrogen-bond acceptors (Lipinski definition) is 2. The average Bonchev–Trinajstić information content (AvgIpc) is 2.38. The first-order chi connectivity index (χ1) is 9.08. The fraction of sp³-hybridized carbons (Fsp3) is 0.0714. The molecule has 0 fully saturated rings. The van der Waals surface area contributed by atoms with E-state index in [4.69, 9.17) is 4.74 Å². The molecule has 2 aromatic rings. The van der Waals surface area contributed by atoms with E-state index in [-0.39, 0.29) is 0 Å². The molecular formula is C14H10Br2O3. The van der Waals surface area contributed by atoms with Gasteiger partial charge in [0.25, 0.3) is 0 Å². The third-order valence-corrected chi connectivity index (χ3v) is 3.58. The third-order valence-electron chi connectivity index (χ3n) is 2.47. The van der Waals surface area contributed by atoms with Crippen LogP contribution in [0.15, 0.2) is 57.5 Å². The maximum absolute atomic E-state index is 11.3. The van der Waals surface area contributed by atoms with Crippen molar-refractivity contribution in [1.29, 1.82) is 0 Å². The van der Waals surface area contributed by atoms with E-state index < -0.39 is 12.1 Å². The van der Waals surface area contributed by atoms with E-state index in [1.807, 2.05) is 6.07 Å². The van der Waals surface area contributed by atoms with E-state index in [0.29, 0.717) is 15.8 Å². The monoisotopic (exact) mass is 384 g/mol. The molecule has 0 bridgehead atoms. The van der Waals surface area contributed by atoms with Crippen LogP contribution in [-0.4, -0.2) is 11.1 Å². The molecule has 0 aliphatic carbocycles. The van der Waals surface area contributed by atoms with Crippen LogP contribution in [0.2, 0.25) is 0 Å². The molecule has 1 atom stereocenters. The van der Waals surface area contributed by atoms with Gasteiger partial charge in [0.2, 0.25) is 6.10 Å². The molecule has 98 valence electrons. The van der Waals surface area contributed by atoms with Gasteiger partial charge in [0.1, 0.15) is 5.75 Å². The van der Waals surface area contributed by atoms with Crippen LogP contribution < -0.4 is 4.74 Å². The Labute approximate surface area is 127 Å². The normalized spacial score (nSPS) is 11.9. The number of carboxylic acids is 1. The van der Waals surface area contributed by atoms with Crippen molar-refractivity contribution in [1.82, 2.24) is 0 Å². The summed E-state index contributed by atoms with van der Waals surface area (Å²) in [5.74, 6) is -0.541. The standard InChI is InChI=1S/C14H10Br2O3/c15-10-6-7-12(11(16)8-10)19-13(14(17)18)9-4-2-1-3-5-9/h1-8,13H,(H,17,18)/t13-/m0/s1. The third kappa shape index (κ3) is 3.58. The van der Waals surface area contributed by atoms with Crippen LogP contribution in [0.1, 0.15) is 11.7 Å². The predicted octanol–water partition coefficient (Wildman–Crippen LogP) is 4.42.